The Kier molecular flexibility index (Phi) is 6.80. The highest BCUT2D eigenvalue weighted by molar-refractivity contribution is 5.78. The third kappa shape index (κ3) is 6.02. The Balaban J connectivity index is 2.21. The summed E-state index contributed by atoms with van der Waals surface area (Å²) in [6, 6.07) is 0. The first-order valence-corrected chi connectivity index (χ1v) is 6.95. The lowest BCUT2D eigenvalue weighted by Gasteiger charge is -2.35. The van der Waals surface area contributed by atoms with E-state index in [1.165, 1.54) is 6.92 Å². The van der Waals surface area contributed by atoms with Gasteiger partial charge in [0.2, 0.25) is 11.8 Å². The summed E-state index contributed by atoms with van der Waals surface area (Å²) in [6.07, 6.45) is 0.842. The molecule has 1 atom stereocenters. The molecule has 1 fully saturated rings. The van der Waals surface area contributed by atoms with E-state index in [-0.39, 0.29) is 17.9 Å². The lowest BCUT2D eigenvalue weighted by molar-refractivity contribution is -0.133. The number of nitrogens with zero attached hydrogens (tertiary/aromatic N) is 2. The molecule has 6 nitrogen and oxygen atoms in total. The number of nitrogens with one attached hydrogen (secondary N) is 1. The fourth-order valence-electron chi connectivity index (χ4n) is 2.11. The first kappa shape index (κ1) is 15.9. The molecule has 0 aliphatic carbocycles. The molecule has 6 heteroatoms. The predicted octanol–water partition coefficient (Wildman–Crippen LogP) is -0.572. The molecular formula is C13H25N3O3. The largest absolute Gasteiger partial charge is 0.392 e. The van der Waals surface area contributed by atoms with Crippen molar-refractivity contribution in [1.82, 2.24) is 15.1 Å². The van der Waals surface area contributed by atoms with Crippen LogP contribution in [0.5, 0.6) is 0 Å². The zero-order valence-electron chi connectivity index (χ0n) is 11.9. The highest BCUT2D eigenvalue weighted by Crippen LogP contribution is 2.05. The lowest BCUT2D eigenvalue weighted by atomic mass is 10.2. The summed E-state index contributed by atoms with van der Waals surface area (Å²) in [6.45, 7) is 7.53. The van der Waals surface area contributed by atoms with Gasteiger partial charge < -0.3 is 15.3 Å². The second-order valence-electron chi connectivity index (χ2n) is 4.98. The van der Waals surface area contributed by atoms with Gasteiger partial charge in [0.15, 0.2) is 0 Å². The van der Waals surface area contributed by atoms with Crippen molar-refractivity contribution in [3.05, 3.63) is 0 Å². The first-order chi connectivity index (χ1) is 9.02. The van der Waals surface area contributed by atoms with Crippen LogP contribution in [0, 0.1) is 0 Å². The number of rotatable bonds is 6. The Labute approximate surface area is 114 Å². The summed E-state index contributed by atoms with van der Waals surface area (Å²) in [5.41, 5.74) is 0. The second-order valence-corrected chi connectivity index (χ2v) is 4.98. The summed E-state index contributed by atoms with van der Waals surface area (Å²) in [5.74, 6) is -0.0180. The molecule has 1 aliphatic heterocycles. The fraction of sp³-hybridized carbons (Fsp3) is 0.846. The molecule has 2 N–H and O–H groups in total. The number of aliphatic hydroxyl groups excluding tert-OH is 1. The van der Waals surface area contributed by atoms with Gasteiger partial charge >= 0.3 is 0 Å². The summed E-state index contributed by atoms with van der Waals surface area (Å²) >= 11 is 0. The van der Waals surface area contributed by atoms with E-state index in [1.807, 2.05) is 11.8 Å². The number of piperazine rings is 1. The molecule has 0 spiro atoms. The van der Waals surface area contributed by atoms with Gasteiger partial charge in [-0.15, -0.1) is 0 Å². The Hall–Kier alpha value is -1.14. The summed E-state index contributed by atoms with van der Waals surface area (Å²) in [4.78, 5) is 26.6. The van der Waals surface area contributed by atoms with Gasteiger partial charge in [0.1, 0.15) is 0 Å². The van der Waals surface area contributed by atoms with Gasteiger partial charge in [0.05, 0.1) is 6.10 Å². The van der Waals surface area contributed by atoms with Gasteiger partial charge in [0, 0.05) is 52.6 Å². The minimum Gasteiger partial charge on any atom is -0.392 e. The van der Waals surface area contributed by atoms with Crippen molar-refractivity contribution in [2.45, 2.75) is 32.8 Å². The van der Waals surface area contributed by atoms with Crippen molar-refractivity contribution in [3.8, 4) is 0 Å². The van der Waals surface area contributed by atoms with Crippen LogP contribution in [0.3, 0.4) is 0 Å². The number of amides is 2. The minimum atomic E-state index is -0.276. The van der Waals surface area contributed by atoms with Gasteiger partial charge in [-0.1, -0.05) is 6.92 Å². The van der Waals surface area contributed by atoms with Crippen LogP contribution in [-0.2, 0) is 9.59 Å². The van der Waals surface area contributed by atoms with E-state index in [2.05, 4.69) is 10.2 Å². The predicted molar refractivity (Wildman–Crippen MR) is 72.6 cm³/mol. The first-order valence-electron chi connectivity index (χ1n) is 6.95. The monoisotopic (exact) mass is 271 g/mol. The Morgan fingerprint density at radius 3 is 2.42 bits per heavy atom. The Morgan fingerprint density at radius 2 is 1.89 bits per heavy atom. The molecule has 1 rings (SSSR count). The van der Waals surface area contributed by atoms with Crippen LogP contribution in [0.2, 0.25) is 0 Å². The number of hydrogen-bond donors (Lipinski definition) is 2. The summed E-state index contributed by atoms with van der Waals surface area (Å²) in [7, 11) is 0. The molecule has 0 bridgehead atoms. The fourth-order valence-corrected chi connectivity index (χ4v) is 2.11. The molecule has 1 aliphatic rings. The smallest absolute Gasteiger partial charge is 0.224 e. The van der Waals surface area contributed by atoms with Crippen LogP contribution in [0.25, 0.3) is 0 Å². The molecular weight excluding hydrogens is 246 g/mol. The molecule has 110 valence electrons. The molecule has 0 aromatic heterocycles. The van der Waals surface area contributed by atoms with E-state index in [0.717, 1.165) is 19.5 Å². The number of hydrogen-bond acceptors (Lipinski definition) is 4. The van der Waals surface area contributed by atoms with E-state index in [0.29, 0.717) is 32.6 Å². The van der Waals surface area contributed by atoms with Crippen molar-refractivity contribution < 1.29 is 14.7 Å². The Bertz CT molecular complexity index is 302. The zero-order valence-corrected chi connectivity index (χ0v) is 11.9. The van der Waals surface area contributed by atoms with E-state index >= 15 is 0 Å². The molecule has 2 amide bonds. The van der Waals surface area contributed by atoms with Crippen molar-refractivity contribution in [2.24, 2.45) is 0 Å². The SMILES string of the molecule is CCC(O)CN1CCN(C(=O)CCNC(C)=O)CC1. The quantitative estimate of drug-likeness (QED) is 0.678. The zero-order chi connectivity index (χ0) is 14.3. The van der Waals surface area contributed by atoms with Crippen LogP contribution in [0.15, 0.2) is 0 Å². The average Bonchev–Trinajstić information content (AvgIpc) is 2.38. The molecule has 0 aromatic rings. The number of carbonyl (C=O) groups excluding carboxylic acids is 2. The van der Waals surface area contributed by atoms with E-state index in [1.54, 1.807) is 0 Å². The maximum Gasteiger partial charge on any atom is 0.224 e. The maximum atomic E-state index is 11.9. The van der Waals surface area contributed by atoms with Gasteiger partial charge in [0.25, 0.3) is 0 Å². The highest BCUT2D eigenvalue weighted by Gasteiger charge is 2.21. The maximum absolute atomic E-state index is 11.9. The van der Waals surface area contributed by atoms with Gasteiger partial charge in [-0.2, -0.15) is 0 Å². The van der Waals surface area contributed by atoms with Crippen LogP contribution in [0.4, 0.5) is 0 Å². The van der Waals surface area contributed by atoms with Crippen molar-refractivity contribution in [2.75, 3.05) is 39.3 Å². The number of carbonyl (C=O) groups is 2. The molecule has 19 heavy (non-hydrogen) atoms. The molecule has 0 aromatic carbocycles. The van der Waals surface area contributed by atoms with Crippen LogP contribution >= 0.6 is 0 Å². The van der Waals surface area contributed by atoms with E-state index < -0.39 is 0 Å². The molecule has 1 saturated heterocycles. The normalized spacial score (nSPS) is 18.2. The Morgan fingerprint density at radius 1 is 1.26 bits per heavy atom. The lowest BCUT2D eigenvalue weighted by Crippen LogP contribution is -2.50. The highest BCUT2D eigenvalue weighted by atomic mass is 16.3. The third-order valence-electron chi connectivity index (χ3n) is 3.38. The van der Waals surface area contributed by atoms with Crippen LogP contribution < -0.4 is 5.32 Å². The second kappa shape index (κ2) is 8.12. The summed E-state index contributed by atoms with van der Waals surface area (Å²) < 4.78 is 0. The van der Waals surface area contributed by atoms with Gasteiger partial charge in [-0.25, -0.2) is 0 Å². The van der Waals surface area contributed by atoms with Crippen LogP contribution in [-0.4, -0.2) is 72.1 Å². The standard InChI is InChI=1S/C13H25N3O3/c1-3-12(18)10-15-6-8-16(9-7-15)13(19)4-5-14-11(2)17/h12,18H,3-10H2,1-2H3,(H,14,17). The van der Waals surface area contributed by atoms with E-state index in [4.69, 9.17) is 0 Å². The molecule has 1 heterocycles. The summed E-state index contributed by atoms with van der Waals surface area (Å²) in [5, 5.41) is 12.2. The molecule has 0 saturated carbocycles. The molecule has 1 unspecified atom stereocenters. The third-order valence-corrected chi connectivity index (χ3v) is 3.38. The van der Waals surface area contributed by atoms with Gasteiger partial charge in [-0.3, -0.25) is 14.5 Å². The van der Waals surface area contributed by atoms with E-state index in [9.17, 15) is 14.7 Å². The molecule has 0 radical (unpaired) electrons. The number of β-amino-alcohol motifs (C(OH)–C–C–N with tert-alkyl or cyclic N) is 1. The van der Waals surface area contributed by atoms with Crippen molar-refractivity contribution >= 4 is 11.8 Å². The minimum absolute atomic E-state index is 0.0874. The van der Waals surface area contributed by atoms with Gasteiger partial charge in [-0.05, 0) is 6.42 Å². The van der Waals surface area contributed by atoms with Crippen molar-refractivity contribution in [1.29, 1.82) is 0 Å². The average molecular weight is 271 g/mol. The van der Waals surface area contributed by atoms with Crippen LogP contribution in [0.1, 0.15) is 26.7 Å². The topological polar surface area (TPSA) is 72.9 Å². The van der Waals surface area contributed by atoms with Crippen molar-refractivity contribution in [3.63, 3.8) is 0 Å². The number of aliphatic hydroxyl groups is 1.